The lowest BCUT2D eigenvalue weighted by Crippen LogP contribution is -2.01. The molecule has 4 nitrogen and oxygen atoms in total. The molecule has 0 saturated carbocycles. The average molecular weight is 351 g/mol. The quantitative estimate of drug-likeness (QED) is 0.584. The van der Waals surface area contributed by atoms with E-state index in [-0.39, 0.29) is 11.5 Å². The van der Waals surface area contributed by atoms with E-state index in [1.807, 2.05) is 22.9 Å². The number of benzene rings is 1. The number of nitro benzene ring substituents is 1. The van der Waals surface area contributed by atoms with Crippen LogP contribution < -0.4 is 0 Å². The van der Waals surface area contributed by atoms with Crippen molar-refractivity contribution in [2.45, 2.75) is 19.4 Å². The van der Waals surface area contributed by atoms with Crippen LogP contribution in [0.2, 0.25) is 0 Å². The number of nitrogens with zero attached hydrogens (tertiary/aromatic N) is 2. The molecule has 1 aliphatic rings. The molecule has 6 heteroatoms. The minimum absolute atomic E-state index is 0.0509. The number of hydrogen-bond donors (Lipinski definition) is 0. The van der Waals surface area contributed by atoms with Gasteiger partial charge in [-0.1, -0.05) is 6.08 Å². The predicted octanol–water partition coefficient (Wildman–Crippen LogP) is 4.89. The van der Waals surface area contributed by atoms with Gasteiger partial charge in [-0.2, -0.15) is 0 Å². The van der Waals surface area contributed by atoms with Gasteiger partial charge in [0.15, 0.2) is 0 Å². The van der Waals surface area contributed by atoms with Crippen LogP contribution in [0.5, 0.6) is 0 Å². The molecule has 0 fully saturated rings. The molecule has 0 atom stereocenters. The number of rotatable bonds is 3. The lowest BCUT2D eigenvalue weighted by atomic mass is 10.1. The first-order valence-corrected chi connectivity index (χ1v) is 7.32. The third-order valence-corrected chi connectivity index (χ3v) is 4.10. The smallest absolute Gasteiger partial charge is 0.271 e. The van der Waals surface area contributed by atoms with E-state index < -0.39 is 4.92 Å². The zero-order valence-electron chi connectivity index (χ0n) is 11.1. The Labute approximate surface area is 128 Å². The van der Waals surface area contributed by atoms with Crippen LogP contribution in [0, 0.1) is 10.1 Å². The zero-order valence-corrected chi connectivity index (χ0v) is 12.6. The summed E-state index contributed by atoms with van der Waals surface area (Å²) in [6.45, 7) is 0.549. The minimum Gasteiger partial charge on any atom is -0.342 e. The summed E-state index contributed by atoms with van der Waals surface area (Å²) in [6.07, 6.45) is 6.62. The lowest BCUT2D eigenvalue weighted by Gasteiger charge is -2.11. The van der Waals surface area contributed by atoms with E-state index in [1.54, 1.807) is 12.1 Å². The fourth-order valence-electron chi connectivity index (χ4n) is 2.55. The Kier molecular flexibility index (Phi) is 3.63. The van der Waals surface area contributed by atoms with Crippen molar-refractivity contribution >= 4 is 32.5 Å². The summed E-state index contributed by atoms with van der Waals surface area (Å²) in [5.74, 6) is -0.0985. The maximum Gasteiger partial charge on any atom is 0.271 e. The fraction of sp³-hybridized carbons (Fsp3) is 0.200. The molecule has 108 valence electrons. The standard InChI is InChI=1S/C15H12BrFN2O2/c16-14-8-13(19(20)21)7-11-4-5-18(15(11)14)9-10-2-1-3-12(17)6-10/h2,4-8H,1,3,9H2. The van der Waals surface area contributed by atoms with Crippen LogP contribution in [-0.4, -0.2) is 9.49 Å². The molecule has 1 aliphatic carbocycles. The summed E-state index contributed by atoms with van der Waals surface area (Å²) >= 11 is 3.39. The SMILES string of the molecule is O=[N+]([O-])c1cc(Br)c2c(ccn2CC2=CCCC(F)=C2)c1. The van der Waals surface area contributed by atoms with Crippen molar-refractivity contribution in [2.75, 3.05) is 0 Å². The van der Waals surface area contributed by atoms with E-state index in [2.05, 4.69) is 15.9 Å². The first-order chi connectivity index (χ1) is 10.0. The Balaban J connectivity index is 2.01. The molecule has 0 N–H and O–H groups in total. The highest BCUT2D eigenvalue weighted by Gasteiger charge is 2.14. The Morgan fingerprint density at radius 3 is 2.95 bits per heavy atom. The van der Waals surface area contributed by atoms with Crippen LogP contribution in [0.4, 0.5) is 10.1 Å². The molecule has 0 bridgehead atoms. The number of non-ortho nitro benzene ring substituents is 1. The lowest BCUT2D eigenvalue weighted by molar-refractivity contribution is -0.384. The maximum absolute atomic E-state index is 13.3. The minimum atomic E-state index is -0.413. The summed E-state index contributed by atoms with van der Waals surface area (Å²) in [4.78, 5) is 10.5. The number of halogens is 2. The van der Waals surface area contributed by atoms with Gasteiger partial charge in [-0.25, -0.2) is 4.39 Å². The first-order valence-electron chi connectivity index (χ1n) is 6.52. The van der Waals surface area contributed by atoms with E-state index in [1.165, 1.54) is 6.07 Å². The van der Waals surface area contributed by atoms with Crippen LogP contribution in [0.15, 0.2) is 52.4 Å². The highest BCUT2D eigenvalue weighted by atomic mass is 79.9. The largest absolute Gasteiger partial charge is 0.342 e. The Hall–Kier alpha value is -1.95. The molecule has 0 unspecified atom stereocenters. The molecular weight excluding hydrogens is 339 g/mol. The van der Waals surface area contributed by atoms with E-state index in [0.717, 1.165) is 16.5 Å². The van der Waals surface area contributed by atoms with Crippen molar-refractivity contribution in [1.29, 1.82) is 0 Å². The van der Waals surface area contributed by atoms with Crippen molar-refractivity contribution in [1.82, 2.24) is 4.57 Å². The molecule has 1 heterocycles. The van der Waals surface area contributed by atoms with E-state index in [4.69, 9.17) is 0 Å². The van der Waals surface area contributed by atoms with Crippen LogP contribution in [0.3, 0.4) is 0 Å². The van der Waals surface area contributed by atoms with Gasteiger partial charge in [-0.05, 0) is 40.1 Å². The van der Waals surface area contributed by atoms with Gasteiger partial charge < -0.3 is 4.57 Å². The van der Waals surface area contributed by atoms with Gasteiger partial charge in [-0.3, -0.25) is 10.1 Å². The Bertz CT molecular complexity index is 792. The van der Waals surface area contributed by atoms with E-state index >= 15 is 0 Å². The fourth-order valence-corrected chi connectivity index (χ4v) is 3.24. The second-order valence-electron chi connectivity index (χ2n) is 4.98. The Morgan fingerprint density at radius 1 is 1.43 bits per heavy atom. The van der Waals surface area contributed by atoms with Crippen molar-refractivity contribution in [3.05, 3.63) is 62.5 Å². The molecule has 21 heavy (non-hydrogen) atoms. The average Bonchev–Trinajstić information content (AvgIpc) is 2.82. The number of fused-ring (bicyclic) bond motifs is 1. The maximum atomic E-state index is 13.3. The third-order valence-electron chi connectivity index (χ3n) is 3.49. The zero-order chi connectivity index (χ0) is 15.0. The molecular formula is C15H12BrFN2O2. The third kappa shape index (κ3) is 2.76. The van der Waals surface area contributed by atoms with E-state index in [9.17, 15) is 14.5 Å². The van der Waals surface area contributed by atoms with Gasteiger partial charge in [-0.15, -0.1) is 0 Å². The topological polar surface area (TPSA) is 48.1 Å². The highest BCUT2D eigenvalue weighted by molar-refractivity contribution is 9.10. The number of nitro groups is 1. The summed E-state index contributed by atoms with van der Waals surface area (Å²) in [5.41, 5.74) is 1.84. The summed E-state index contributed by atoms with van der Waals surface area (Å²) < 4.78 is 16.0. The van der Waals surface area contributed by atoms with Crippen molar-refractivity contribution < 1.29 is 9.31 Å². The molecule has 0 spiro atoms. The number of allylic oxidation sites excluding steroid dienone is 4. The van der Waals surface area contributed by atoms with Crippen LogP contribution in [0.1, 0.15) is 12.8 Å². The molecule has 0 radical (unpaired) electrons. The van der Waals surface area contributed by atoms with Gasteiger partial charge >= 0.3 is 0 Å². The van der Waals surface area contributed by atoms with Crippen LogP contribution >= 0.6 is 15.9 Å². The predicted molar refractivity (Wildman–Crippen MR) is 82.8 cm³/mol. The first kappa shape index (κ1) is 14.0. The molecule has 0 amide bonds. The van der Waals surface area contributed by atoms with Crippen molar-refractivity contribution in [3.8, 4) is 0 Å². The summed E-state index contributed by atoms with van der Waals surface area (Å²) in [5, 5.41) is 11.7. The normalized spacial score (nSPS) is 15.0. The second kappa shape index (κ2) is 5.44. The summed E-state index contributed by atoms with van der Waals surface area (Å²) in [7, 11) is 0. The van der Waals surface area contributed by atoms with Crippen molar-refractivity contribution in [3.63, 3.8) is 0 Å². The van der Waals surface area contributed by atoms with E-state index in [0.29, 0.717) is 23.9 Å². The summed E-state index contributed by atoms with van der Waals surface area (Å²) in [6, 6.07) is 4.86. The molecule has 1 aromatic carbocycles. The van der Waals surface area contributed by atoms with Gasteiger partial charge in [0.2, 0.25) is 0 Å². The van der Waals surface area contributed by atoms with Gasteiger partial charge in [0.1, 0.15) is 5.83 Å². The molecule has 0 aliphatic heterocycles. The number of hydrogen-bond acceptors (Lipinski definition) is 2. The monoisotopic (exact) mass is 350 g/mol. The molecule has 0 saturated heterocycles. The van der Waals surface area contributed by atoms with Gasteiger partial charge in [0, 0.05) is 41.2 Å². The van der Waals surface area contributed by atoms with Crippen molar-refractivity contribution in [2.24, 2.45) is 0 Å². The Morgan fingerprint density at radius 2 is 2.24 bits per heavy atom. The van der Waals surface area contributed by atoms with Crippen LogP contribution in [0.25, 0.3) is 10.9 Å². The number of aromatic nitrogens is 1. The van der Waals surface area contributed by atoms with Gasteiger partial charge in [0.05, 0.1) is 10.4 Å². The van der Waals surface area contributed by atoms with Crippen LogP contribution in [-0.2, 0) is 6.54 Å². The highest BCUT2D eigenvalue weighted by Crippen LogP contribution is 2.31. The molecule has 1 aromatic heterocycles. The van der Waals surface area contributed by atoms with Gasteiger partial charge in [0.25, 0.3) is 5.69 Å². The second-order valence-corrected chi connectivity index (χ2v) is 5.83. The molecule has 2 aromatic rings. The molecule has 3 rings (SSSR count).